The second-order valence-corrected chi connectivity index (χ2v) is 5.96. The molecular weight excluding hydrogens is 288 g/mol. The molecular formula is C19H22N2O2. The van der Waals surface area contributed by atoms with Gasteiger partial charge in [0.15, 0.2) is 0 Å². The van der Waals surface area contributed by atoms with Crippen LogP contribution in [-0.2, 0) is 4.79 Å². The molecule has 0 fully saturated rings. The molecule has 1 N–H and O–H groups in total. The Bertz CT molecular complexity index is 697. The van der Waals surface area contributed by atoms with Crippen LogP contribution in [0.25, 0.3) is 0 Å². The van der Waals surface area contributed by atoms with Gasteiger partial charge in [-0.1, -0.05) is 18.2 Å². The van der Waals surface area contributed by atoms with Crippen molar-refractivity contribution in [1.29, 1.82) is 0 Å². The summed E-state index contributed by atoms with van der Waals surface area (Å²) in [6.45, 7) is 3.73. The number of fused-ring (bicyclic) bond motifs is 1. The number of ether oxygens (including phenoxy) is 1. The van der Waals surface area contributed by atoms with E-state index >= 15 is 0 Å². The molecule has 0 radical (unpaired) electrons. The molecule has 1 amide bonds. The Morgan fingerprint density at radius 2 is 1.87 bits per heavy atom. The van der Waals surface area contributed by atoms with Crippen LogP contribution in [0.5, 0.6) is 5.75 Å². The van der Waals surface area contributed by atoms with E-state index in [9.17, 15) is 4.79 Å². The van der Waals surface area contributed by atoms with Crippen molar-refractivity contribution >= 4 is 17.3 Å². The Morgan fingerprint density at radius 3 is 2.52 bits per heavy atom. The molecule has 1 unspecified atom stereocenters. The van der Waals surface area contributed by atoms with E-state index in [-0.39, 0.29) is 18.0 Å². The highest BCUT2D eigenvalue weighted by Crippen LogP contribution is 2.38. The number of hydrogen-bond acceptors (Lipinski definition) is 3. The van der Waals surface area contributed by atoms with Crippen LogP contribution in [0.1, 0.15) is 31.9 Å². The summed E-state index contributed by atoms with van der Waals surface area (Å²) in [7, 11) is 1.66. The summed E-state index contributed by atoms with van der Waals surface area (Å²) >= 11 is 0. The first-order chi connectivity index (χ1) is 11.1. The molecule has 0 saturated heterocycles. The number of amides is 1. The van der Waals surface area contributed by atoms with Gasteiger partial charge in [-0.3, -0.25) is 4.79 Å². The van der Waals surface area contributed by atoms with Crippen LogP contribution >= 0.6 is 0 Å². The monoisotopic (exact) mass is 310 g/mol. The molecule has 1 heterocycles. The molecule has 0 aromatic heterocycles. The van der Waals surface area contributed by atoms with E-state index < -0.39 is 0 Å². The molecule has 2 atom stereocenters. The number of hydrogen-bond donors (Lipinski definition) is 1. The van der Waals surface area contributed by atoms with Crippen molar-refractivity contribution in [1.82, 2.24) is 0 Å². The summed E-state index contributed by atoms with van der Waals surface area (Å²) in [6, 6.07) is 16.4. The summed E-state index contributed by atoms with van der Waals surface area (Å²) < 4.78 is 5.20. The molecule has 0 bridgehead atoms. The van der Waals surface area contributed by atoms with Crippen molar-refractivity contribution in [3.8, 4) is 5.75 Å². The Hall–Kier alpha value is -2.49. The zero-order chi connectivity index (χ0) is 16.4. The fraction of sp³-hybridized carbons (Fsp3) is 0.316. The van der Waals surface area contributed by atoms with Crippen LogP contribution in [-0.4, -0.2) is 19.1 Å². The standard InChI is InChI=1S/C19H22N2O2/c1-13-12-18(20-15-8-10-16(23-3)11-9-15)17-6-4-5-7-19(17)21(13)14(2)22/h4-11,13,18,20H,12H2,1-3H3/t13-,18?/m1/s1. The van der Waals surface area contributed by atoms with E-state index in [1.807, 2.05) is 47.4 Å². The second kappa shape index (κ2) is 6.32. The van der Waals surface area contributed by atoms with Gasteiger partial charge in [0, 0.05) is 24.3 Å². The number of carbonyl (C=O) groups is 1. The van der Waals surface area contributed by atoms with E-state index in [4.69, 9.17) is 4.74 Å². The lowest BCUT2D eigenvalue weighted by molar-refractivity contribution is -0.117. The zero-order valence-corrected chi connectivity index (χ0v) is 13.7. The molecule has 120 valence electrons. The predicted molar refractivity (Wildman–Crippen MR) is 93.0 cm³/mol. The lowest BCUT2D eigenvalue weighted by Crippen LogP contribution is -2.43. The highest BCUT2D eigenvalue weighted by atomic mass is 16.5. The molecule has 23 heavy (non-hydrogen) atoms. The normalized spacial score (nSPS) is 19.9. The Labute approximate surface area is 137 Å². The molecule has 4 heteroatoms. The van der Waals surface area contributed by atoms with Crippen LogP contribution in [0.3, 0.4) is 0 Å². The largest absolute Gasteiger partial charge is 0.497 e. The van der Waals surface area contributed by atoms with Crippen molar-refractivity contribution in [2.24, 2.45) is 0 Å². The molecule has 0 spiro atoms. The van der Waals surface area contributed by atoms with E-state index in [0.29, 0.717) is 0 Å². The maximum atomic E-state index is 12.0. The van der Waals surface area contributed by atoms with Crippen LogP contribution in [0.2, 0.25) is 0 Å². The number of nitrogens with zero attached hydrogens (tertiary/aromatic N) is 1. The Kier molecular flexibility index (Phi) is 4.24. The first kappa shape index (κ1) is 15.4. The van der Waals surface area contributed by atoms with Crippen molar-refractivity contribution in [2.75, 3.05) is 17.3 Å². The summed E-state index contributed by atoms with van der Waals surface area (Å²) in [6.07, 6.45) is 0.878. The van der Waals surface area contributed by atoms with Crippen molar-refractivity contribution in [3.05, 3.63) is 54.1 Å². The van der Waals surface area contributed by atoms with Gasteiger partial charge >= 0.3 is 0 Å². The maximum absolute atomic E-state index is 12.0. The molecule has 1 aliphatic heterocycles. The zero-order valence-electron chi connectivity index (χ0n) is 13.7. The minimum atomic E-state index is 0.0906. The van der Waals surface area contributed by atoms with Crippen LogP contribution in [0.4, 0.5) is 11.4 Å². The summed E-state index contributed by atoms with van der Waals surface area (Å²) in [4.78, 5) is 13.9. The van der Waals surface area contributed by atoms with Gasteiger partial charge in [-0.15, -0.1) is 0 Å². The van der Waals surface area contributed by atoms with Crippen LogP contribution in [0, 0.1) is 0 Å². The highest BCUT2D eigenvalue weighted by molar-refractivity contribution is 5.93. The van der Waals surface area contributed by atoms with Gasteiger partial charge in [-0.05, 0) is 49.2 Å². The van der Waals surface area contributed by atoms with Gasteiger partial charge in [0.2, 0.25) is 5.91 Å². The molecule has 4 nitrogen and oxygen atoms in total. The molecule has 3 rings (SSSR count). The third-order valence-corrected chi connectivity index (χ3v) is 4.36. The van der Waals surface area contributed by atoms with Gasteiger partial charge in [-0.25, -0.2) is 0 Å². The molecule has 0 saturated carbocycles. The predicted octanol–water partition coefficient (Wildman–Crippen LogP) is 3.99. The quantitative estimate of drug-likeness (QED) is 0.932. The number of benzene rings is 2. The minimum absolute atomic E-state index is 0.0906. The van der Waals surface area contributed by atoms with E-state index in [0.717, 1.165) is 29.1 Å². The van der Waals surface area contributed by atoms with E-state index in [1.54, 1.807) is 14.0 Å². The van der Waals surface area contributed by atoms with Crippen molar-refractivity contribution in [3.63, 3.8) is 0 Å². The van der Waals surface area contributed by atoms with Crippen molar-refractivity contribution < 1.29 is 9.53 Å². The lowest BCUT2D eigenvalue weighted by Gasteiger charge is -2.39. The number of para-hydroxylation sites is 1. The fourth-order valence-electron chi connectivity index (χ4n) is 3.32. The van der Waals surface area contributed by atoms with Crippen LogP contribution < -0.4 is 15.0 Å². The molecule has 2 aromatic carbocycles. The van der Waals surface area contributed by atoms with E-state index in [1.165, 1.54) is 0 Å². The summed E-state index contributed by atoms with van der Waals surface area (Å²) in [5, 5.41) is 3.58. The Morgan fingerprint density at radius 1 is 1.17 bits per heavy atom. The van der Waals surface area contributed by atoms with Crippen molar-refractivity contribution in [2.45, 2.75) is 32.4 Å². The summed E-state index contributed by atoms with van der Waals surface area (Å²) in [5.41, 5.74) is 3.22. The second-order valence-electron chi connectivity index (χ2n) is 5.96. The average Bonchev–Trinajstić information content (AvgIpc) is 2.55. The van der Waals surface area contributed by atoms with Gasteiger partial charge in [0.25, 0.3) is 0 Å². The SMILES string of the molecule is COc1ccc(NC2C[C@@H](C)N(C(C)=O)c3ccccc32)cc1. The number of rotatable bonds is 3. The average molecular weight is 310 g/mol. The van der Waals surface area contributed by atoms with Gasteiger partial charge in [-0.2, -0.15) is 0 Å². The Balaban J connectivity index is 1.90. The third kappa shape index (κ3) is 3.02. The molecule has 1 aliphatic rings. The number of methoxy groups -OCH3 is 1. The molecule has 2 aromatic rings. The highest BCUT2D eigenvalue weighted by Gasteiger charge is 2.31. The topological polar surface area (TPSA) is 41.6 Å². The first-order valence-corrected chi connectivity index (χ1v) is 7.89. The molecule has 0 aliphatic carbocycles. The summed E-state index contributed by atoms with van der Waals surface area (Å²) in [5.74, 6) is 0.934. The van der Waals surface area contributed by atoms with Gasteiger partial charge in [0.05, 0.1) is 13.2 Å². The number of nitrogens with one attached hydrogen (secondary N) is 1. The smallest absolute Gasteiger partial charge is 0.224 e. The number of carbonyl (C=O) groups excluding carboxylic acids is 1. The van der Waals surface area contributed by atoms with E-state index in [2.05, 4.69) is 18.3 Å². The van der Waals surface area contributed by atoms with Gasteiger partial charge in [0.1, 0.15) is 5.75 Å². The fourth-order valence-corrected chi connectivity index (χ4v) is 3.32. The third-order valence-electron chi connectivity index (χ3n) is 4.36. The lowest BCUT2D eigenvalue weighted by atomic mass is 9.91. The maximum Gasteiger partial charge on any atom is 0.224 e. The minimum Gasteiger partial charge on any atom is -0.497 e. The first-order valence-electron chi connectivity index (χ1n) is 7.89. The van der Waals surface area contributed by atoms with Crippen LogP contribution in [0.15, 0.2) is 48.5 Å². The van der Waals surface area contributed by atoms with Gasteiger partial charge < -0.3 is 15.0 Å². The number of anilines is 2.